The zero-order valence-corrected chi connectivity index (χ0v) is 13.3. The average Bonchev–Trinajstić information content (AvgIpc) is 2.43. The molecule has 0 aliphatic carbocycles. The Morgan fingerprint density at radius 3 is 2.71 bits per heavy atom. The molecule has 6 heteroatoms. The Bertz CT molecular complexity index is 669. The van der Waals surface area contributed by atoms with Crippen molar-refractivity contribution in [3.8, 4) is 11.8 Å². The maximum atomic E-state index is 12.4. The number of fused-ring (bicyclic) bond motifs is 1. The molecule has 0 amide bonds. The van der Waals surface area contributed by atoms with Gasteiger partial charge in [0.25, 0.3) is 0 Å². The van der Waals surface area contributed by atoms with Crippen molar-refractivity contribution in [2.45, 2.75) is 44.6 Å². The van der Waals surface area contributed by atoms with E-state index in [4.69, 9.17) is 10.00 Å². The first kappa shape index (κ1) is 15.8. The van der Waals surface area contributed by atoms with Crippen LogP contribution in [0.3, 0.4) is 0 Å². The molecule has 1 aromatic carbocycles. The predicted octanol–water partition coefficient (Wildman–Crippen LogP) is 2.23. The summed E-state index contributed by atoms with van der Waals surface area (Å²) < 4.78 is 32.8. The Balaban J connectivity index is 2.30. The minimum Gasteiger partial charge on any atom is -0.493 e. The van der Waals surface area contributed by atoms with E-state index >= 15 is 0 Å². The Morgan fingerprint density at radius 2 is 2.10 bits per heavy atom. The maximum absolute atomic E-state index is 12.4. The van der Waals surface area contributed by atoms with E-state index < -0.39 is 21.5 Å². The number of benzene rings is 1. The van der Waals surface area contributed by atoms with Crippen LogP contribution < -0.4 is 9.46 Å². The molecular formula is C15H20N2O3S. The fourth-order valence-corrected chi connectivity index (χ4v) is 3.52. The third-order valence-electron chi connectivity index (χ3n) is 3.46. The lowest BCUT2D eigenvalue weighted by Gasteiger charge is -2.25. The first-order valence-corrected chi connectivity index (χ1v) is 8.40. The van der Waals surface area contributed by atoms with Gasteiger partial charge in [0.05, 0.1) is 17.6 Å². The highest BCUT2D eigenvalue weighted by atomic mass is 32.2. The second-order valence-corrected chi connectivity index (χ2v) is 7.98. The molecule has 21 heavy (non-hydrogen) atoms. The number of hydrogen-bond acceptors (Lipinski definition) is 4. The Hall–Kier alpha value is -1.58. The van der Waals surface area contributed by atoms with Crippen LogP contribution in [0.25, 0.3) is 0 Å². The zero-order chi connectivity index (χ0) is 15.7. The van der Waals surface area contributed by atoms with Gasteiger partial charge in [0, 0.05) is 0 Å². The van der Waals surface area contributed by atoms with Gasteiger partial charge in [0.2, 0.25) is 10.0 Å². The first-order chi connectivity index (χ1) is 9.74. The summed E-state index contributed by atoms with van der Waals surface area (Å²) in [5.41, 5.74) is 0.424. The maximum Gasteiger partial charge on any atom is 0.241 e. The van der Waals surface area contributed by atoms with Gasteiger partial charge in [-0.3, -0.25) is 0 Å². The lowest BCUT2D eigenvalue weighted by atomic mass is 9.88. The van der Waals surface area contributed by atoms with Crippen molar-refractivity contribution in [3.05, 3.63) is 23.8 Å². The zero-order valence-electron chi connectivity index (χ0n) is 12.5. The molecule has 1 aliphatic rings. The van der Waals surface area contributed by atoms with E-state index in [1.54, 1.807) is 12.1 Å². The third-order valence-corrected chi connectivity index (χ3v) is 4.88. The number of nitrogens with zero attached hydrogens (tertiary/aromatic N) is 1. The van der Waals surface area contributed by atoms with Crippen LogP contribution >= 0.6 is 0 Å². The highest BCUT2D eigenvalue weighted by Gasteiger charge is 2.30. The van der Waals surface area contributed by atoms with E-state index in [0.29, 0.717) is 6.61 Å². The minimum atomic E-state index is -3.72. The van der Waals surface area contributed by atoms with E-state index in [2.05, 4.69) is 4.72 Å². The van der Waals surface area contributed by atoms with Crippen molar-refractivity contribution in [1.29, 1.82) is 5.26 Å². The van der Waals surface area contributed by atoms with E-state index in [9.17, 15) is 8.42 Å². The molecule has 0 aromatic heterocycles. The molecule has 0 radical (unpaired) electrons. The molecule has 5 nitrogen and oxygen atoms in total. The molecule has 1 N–H and O–H groups in total. The Labute approximate surface area is 126 Å². The highest BCUT2D eigenvalue weighted by Crippen LogP contribution is 2.28. The van der Waals surface area contributed by atoms with Crippen molar-refractivity contribution in [3.63, 3.8) is 0 Å². The van der Waals surface area contributed by atoms with Crippen LogP contribution in [0.5, 0.6) is 5.75 Å². The smallest absolute Gasteiger partial charge is 0.241 e. The van der Waals surface area contributed by atoms with Crippen LogP contribution in [0.4, 0.5) is 0 Å². The van der Waals surface area contributed by atoms with Gasteiger partial charge in [-0.05, 0) is 42.0 Å². The summed E-state index contributed by atoms with van der Waals surface area (Å²) in [4.78, 5) is 0.177. The minimum absolute atomic E-state index is 0.177. The van der Waals surface area contributed by atoms with Gasteiger partial charge in [-0.25, -0.2) is 8.42 Å². The Morgan fingerprint density at radius 1 is 1.38 bits per heavy atom. The summed E-state index contributed by atoms with van der Waals surface area (Å²) in [6.45, 7) is 6.14. The number of rotatable bonds is 3. The van der Waals surface area contributed by atoms with Crippen molar-refractivity contribution in [1.82, 2.24) is 4.72 Å². The van der Waals surface area contributed by atoms with Gasteiger partial charge in [-0.15, -0.1) is 0 Å². The molecule has 0 spiro atoms. The average molecular weight is 308 g/mol. The highest BCUT2D eigenvalue weighted by molar-refractivity contribution is 7.89. The molecule has 0 saturated heterocycles. The van der Waals surface area contributed by atoms with Gasteiger partial charge >= 0.3 is 0 Å². The molecule has 114 valence electrons. The number of sulfonamides is 1. The second kappa shape index (κ2) is 5.66. The molecule has 0 bridgehead atoms. The topological polar surface area (TPSA) is 79.2 Å². The number of aryl methyl sites for hydroxylation is 1. The molecule has 1 aromatic rings. The molecule has 0 saturated carbocycles. The summed E-state index contributed by atoms with van der Waals surface area (Å²) in [7, 11) is -3.72. The van der Waals surface area contributed by atoms with Crippen molar-refractivity contribution >= 4 is 10.0 Å². The quantitative estimate of drug-likeness (QED) is 0.928. The predicted molar refractivity (Wildman–Crippen MR) is 79.4 cm³/mol. The van der Waals surface area contributed by atoms with Crippen LogP contribution in [-0.2, 0) is 16.4 Å². The van der Waals surface area contributed by atoms with E-state index in [0.717, 1.165) is 24.2 Å². The normalized spacial score (nSPS) is 16.5. The van der Waals surface area contributed by atoms with Crippen LogP contribution in [0.15, 0.2) is 23.1 Å². The van der Waals surface area contributed by atoms with E-state index in [1.165, 1.54) is 6.07 Å². The summed E-state index contributed by atoms with van der Waals surface area (Å²) in [6, 6.07) is 6.06. The van der Waals surface area contributed by atoms with Crippen LogP contribution in [0.2, 0.25) is 0 Å². The summed E-state index contributed by atoms with van der Waals surface area (Å²) in [5.74, 6) is 0.743. The van der Waals surface area contributed by atoms with Gasteiger partial charge < -0.3 is 4.74 Å². The molecule has 0 fully saturated rings. The van der Waals surface area contributed by atoms with Crippen molar-refractivity contribution in [2.24, 2.45) is 5.41 Å². The van der Waals surface area contributed by atoms with E-state index in [1.807, 2.05) is 26.8 Å². The number of nitriles is 1. The van der Waals surface area contributed by atoms with Crippen LogP contribution in [-0.4, -0.2) is 21.1 Å². The largest absolute Gasteiger partial charge is 0.493 e. The van der Waals surface area contributed by atoms with Gasteiger partial charge in [0.1, 0.15) is 11.8 Å². The SMILES string of the molecule is CC(C)(C)[C@H](C#N)NS(=O)(=O)c1ccc2c(c1)CCCO2. The molecular weight excluding hydrogens is 288 g/mol. The van der Waals surface area contributed by atoms with Crippen molar-refractivity contribution < 1.29 is 13.2 Å². The standard InChI is InChI=1S/C15H20N2O3S/c1-15(2,3)14(10-16)17-21(18,19)12-6-7-13-11(9-12)5-4-8-20-13/h6-7,9,14,17H,4-5,8H2,1-3H3/t14-/m0/s1. The van der Waals surface area contributed by atoms with Gasteiger partial charge in [-0.2, -0.15) is 9.98 Å². The second-order valence-electron chi connectivity index (χ2n) is 6.27. The lowest BCUT2D eigenvalue weighted by molar-refractivity contribution is 0.288. The number of ether oxygens (including phenoxy) is 1. The fourth-order valence-electron chi connectivity index (χ4n) is 2.12. The summed E-state index contributed by atoms with van der Waals surface area (Å²) in [6.07, 6.45) is 1.69. The molecule has 1 aliphatic heterocycles. The lowest BCUT2D eigenvalue weighted by Crippen LogP contribution is -2.42. The summed E-state index contributed by atoms with van der Waals surface area (Å²) in [5, 5.41) is 9.17. The first-order valence-electron chi connectivity index (χ1n) is 6.92. The van der Waals surface area contributed by atoms with Crippen molar-refractivity contribution in [2.75, 3.05) is 6.61 Å². The monoisotopic (exact) mass is 308 g/mol. The fraction of sp³-hybridized carbons (Fsp3) is 0.533. The number of nitrogens with one attached hydrogen (secondary N) is 1. The molecule has 1 atom stereocenters. The summed E-state index contributed by atoms with van der Waals surface area (Å²) >= 11 is 0. The van der Waals surface area contributed by atoms with Crippen LogP contribution in [0, 0.1) is 16.7 Å². The molecule has 0 unspecified atom stereocenters. The van der Waals surface area contributed by atoms with E-state index in [-0.39, 0.29) is 4.90 Å². The van der Waals surface area contributed by atoms with Crippen LogP contribution in [0.1, 0.15) is 32.8 Å². The molecule has 2 rings (SSSR count). The number of hydrogen-bond donors (Lipinski definition) is 1. The Kier molecular flexibility index (Phi) is 4.26. The third kappa shape index (κ3) is 3.55. The van der Waals surface area contributed by atoms with Gasteiger partial charge in [-0.1, -0.05) is 20.8 Å². The van der Waals surface area contributed by atoms with Gasteiger partial charge in [0.15, 0.2) is 0 Å². The molecule has 1 heterocycles.